The summed E-state index contributed by atoms with van der Waals surface area (Å²) in [6.45, 7) is 17.7. The van der Waals surface area contributed by atoms with Crippen LogP contribution in [0.5, 0.6) is 0 Å². The molecule has 0 saturated carbocycles. The van der Waals surface area contributed by atoms with Gasteiger partial charge in [-0.1, -0.05) is 33.6 Å². The first-order chi connectivity index (χ1) is 9.18. The fraction of sp³-hybridized carbons (Fsp3) is 1.00. The minimum Gasteiger partial charge on any atom is -0.314 e. The third-order valence-corrected chi connectivity index (χ3v) is 4.48. The van der Waals surface area contributed by atoms with Crippen molar-refractivity contribution in [2.24, 2.45) is 5.41 Å². The molecule has 0 aliphatic carbocycles. The first-order valence-corrected chi connectivity index (χ1v) is 8.67. The van der Waals surface area contributed by atoms with Gasteiger partial charge in [-0.25, -0.2) is 0 Å². The molecule has 120 valence electrons. The largest absolute Gasteiger partial charge is 0.314 e. The minimum atomic E-state index is 0.345. The highest BCUT2D eigenvalue weighted by atomic mass is 15.2. The monoisotopic (exact) mass is 282 g/mol. The van der Waals surface area contributed by atoms with Crippen LogP contribution in [0.1, 0.15) is 80.1 Å². The van der Waals surface area contributed by atoms with E-state index in [4.69, 9.17) is 0 Å². The number of nitrogens with zero attached hydrogens (tertiary/aromatic N) is 1. The van der Waals surface area contributed by atoms with Crippen LogP contribution in [0.4, 0.5) is 0 Å². The molecule has 2 heteroatoms. The SMILES string of the molecule is CC(C)(C)CCCCCNC1CCN(C(C)(C)C)CC1. The molecule has 1 N–H and O–H groups in total. The van der Waals surface area contributed by atoms with Crippen LogP contribution in [0.2, 0.25) is 0 Å². The van der Waals surface area contributed by atoms with Crippen LogP contribution in [0.15, 0.2) is 0 Å². The fourth-order valence-electron chi connectivity index (χ4n) is 3.02. The summed E-state index contributed by atoms with van der Waals surface area (Å²) in [7, 11) is 0. The van der Waals surface area contributed by atoms with E-state index in [1.807, 2.05) is 0 Å². The lowest BCUT2D eigenvalue weighted by Gasteiger charge is -2.41. The van der Waals surface area contributed by atoms with Gasteiger partial charge in [0.1, 0.15) is 0 Å². The second kappa shape index (κ2) is 7.79. The van der Waals surface area contributed by atoms with Gasteiger partial charge in [0.25, 0.3) is 0 Å². The second-order valence-corrected chi connectivity index (χ2v) is 8.76. The Balaban J connectivity index is 2.02. The molecule has 1 rings (SSSR count). The summed E-state index contributed by atoms with van der Waals surface area (Å²) in [5.74, 6) is 0. The van der Waals surface area contributed by atoms with Crippen molar-refractivity contribution < 1.29 is 0 Å². The molecule has 1 heterocycles. The number of unbranched alkanes of at least 4 members (excludes halogenated alkanes) is 2. The summed E-state index contributed by atoms with van der Waals surface area (Å²) in [5, 5.41) is 3.76. The number of rotatable bonds is 6. The lowest BCUT2D eigenvalue weighted by atomic mass is 9.89. The fourth-order valence-corrected chi connectivity index (χ4v) is 3.02. The van der Waals surface area contributed by atoms with E-state index in [1.54, 1.807) is 0 Å². The highest BCUT2D eigenvalue weighted by Crippen LogP contribution is 2.22. The van der Waals surface area contributed by atoms with E-state index in [2.05, 4.69) is 51.8 Å². The van der Waals surface area contributed by atoms with Gasteiger partial charge < -0.3 is 5.32 Å². The summed E-state index contributed by atoms with van der Waals surface area (Å²) in [6.07, 6.45) is 8.10. The molecule has 0 aromatic heterocycles. The molecule has 1 fully saturated rings. The predicted molar refractivity (Wildman–Crippen MR) is 90.3 cm³/mol. The highest BCUT2D eigenvalue weighted by Gasteiger charge is 2.26. The number of piperidine rings is 1. The molecule has 20 heavy (non-hydrogen) atoms. The molecular weight excluding hydrogens is 244 g/mol. The van der Waals surface area contributed by atoms with E-state index in [-0.39, 0.29) is 0 Å². The lowest BCUT2D eigenvalue weighted by molar-refractivity contribution is 0.0963. The van der Waals surface area contributed by atoms with Gasteiger partial charge in [0.15, 0.2) is 0 Å². The molecule has 0 aromatic rings. The van der Waals surface area contributed by atoms with Gasteiger partial charge in [0.2, 0.25) is 0 Å². The molecule has 0 bridgehead atoms. The normalized spacial score (nSPS) is 19.5. The summed E-state index contributed by atoms with van der Waals surface area (Å²) in [5.41, 5.74) is 0.852. The van der Waals surface area contributed by atoms with Gasteiger partial charge in [-0.2, -0.15) is 0 Å². The summed E-state index contributed by atoms with van der Waals surface area (Å²) in [4.78, 5) is 2.62. The summed E-state index contributed by atoms with van der Waals surface area (Å²) >= 11 is 0. The first kappa shape index (κ1) is 18.0. The summed E-state index contributed by atoms with van der Waals surface area (Å²) < 4.78 is 0. The molecule has 0 aromatic carbocycles. The summed E-state index contributed by atoms with van der Waals surface area (Å²) in [6, 6.07) is 0.760. The third-order valence-electron chi connectivity index (χ3n) is 4.48. The number of hydrogen-bond acceptors (Lipinski definition) is 2. The average Bonchev–Trinajstić information content (AvgIpc) is 2.32. The van der Waals surface area contributed by atoms with Crippen molar-refractivity contribution in [2.45, 2.75) is 91.6 Å². The van der Waals surface area contributed by atoms with Crippen LogP contribution >= 0.6 is 0 Å². The van der Waals surface area contributed by atoms with Crippen LogP contribution < -0.4 is 5.32 Å². The average molecular weight is 283 g/mol. The van der Waals surface area contributed by atoms with Crippen LogP contribution in [0.25, 0.3) is 0 Å². The molecular formula is C18H38N2. The Morgan fingerprint density at radius 1 is 0.900 bits per heavy atom. The quantitative estimate of drug-likeness (QED) is 0.724. The molecule has 0 amide bonds. The van der Waals surface area contributed by atoms with Crippen molar-refractivity contribution in [1.82, 2.24) is 10.2 Å². The van der Waals surface area contributed by atoms with Crippen molar-refractivity contribution >= 4 is 0 Å². The lowest BCUT2D eigenvalue weighted by Crippen LogP contribution is -2.50. The van der Waals surface area contributed by atoms with Crippen LogP contribution in [-0.2, 0) is 0 Å². The van der Waals surface area contributed by atoms with Gasteiger partial charge in [0.05, 0.1) is 0 Å². The van der Waals surface area contributed by atoms with Gasteiger partial charge in [0, 0.05) is 24.7 Å². The van der Waals surface area contributed by atoms with Crippen molar-refractivity contribution in [3.63, 3.8) is 0 Å². The van der Waals surface area contributed by atoms with Gasteiger partial charge >= 0.3 is 0 Å². The Bertz CT molecular complexity index is 252. The smallest absolute Gasteiger partial charge is 0.0125 e. The molecule has 0 radical (unpaired) electrons. The second-order valence-electron chi connectivity index (χ2n) is 8.76. The van der Waals surface area contributed by atoms with E-state index in [1.165, 1.54) is 58.2 Å². The Hall–Kier alpha value is -0.0800. The first-order valence-electron chi connectivity index (χ1n) is 8.67. The Kier molecular flexibility index (Phi) is 7.00. The molecule has 1 saturated heterocycles. The van der Waals surface area contributed by atoms with Crippen LogP contribution in [-0.4, -0.2) is 36.1 Å². The Morgan fingerprint density at radius 2 is 1.50 bits per heavy atom. The van der Waals surface area contributed by atoms with Gasteiger partial charge in [-0.3, -0.25) is 4.90 Å². The van der Waals surface area contributed by atoms with E-state index in [0.717, 1.165) is 6.04 Å². The van der Waals surface area contributed by atoms with E-state index >= 15 is 0 Å². The number of hydrogen-bond donors (Lipinski definition) is 1. The predicted octanol–water partition coefficient (Wildman–Crippen LogP) is 4.45. The maximum absolute atomic E-state index is 3.76. The van der Waals surface area contributed by atoms with Gasteiger partial charge in [-0.05, 0) is 58.4 Å². The molecule has 0 atom stereocenters. The Morgan fingerprint density at radius 3 is 2.00 bits per heavy atom. The molecule has 0 spiro atoms. The third kappa shape index (κ3) is 7.64. The van der Waals surface area contributed by atoms with E-state index < -0.39 is 0 Å². The minimum absolute atomic E-state index is 0.345. The van der Waals surface area contributed by atoms with E-state index in [0.29, 0.717) is 11.0 Å². The maximum Gasteiger partial charge on any atom is 0.0125 e. The standard InChI is InChI=1S/C18H38N2/c1-17(2,3)12-8-7-9-13-19-16-10-14-20(15-11-16)18(4,5)6/h16,19H,7-15H2,1-6H3. The zero-order chi connectivity index (χ0) is 15.2. The van der Waals surface area contributed by atoms with Crippen molar-refractivity contribution in [1.29, 1.82) is 0 Å². The van der Waals surface area contributed by atoms with Crippen LogP contribution in [0.3, 0.4) is 0 Å². The van der Waals surface area contributed by atoms with Crippen molar-refractivity contribution in [2.75, 3.05) is 19.6 Å². The molecule has 2 nitrogen and oxygen atoms in total. The van der Waals surface area contributed by atoms with Crippen molar-refractivity contribution in [3.8, 4) is 0 Å². The van der Waals surface area contributed by atoms with Gasteiger partial charge in [-0.15, -0.1) is 0 Å². The molecule has 1 aliphatic rings. The topological polar surface area (TPSA) is 15.3 Å². The van der Waals surface area contributed by atoms with Crippen molar-refractivity contribution in [3.05, 3.63) is 0 Å². The Labute approximate surface area is 127 Å². The zero-order valence-electron chi connectivity index (χ0n) is 14.9. The zero-order valence-corrected chi connectivity index (χ0v) is 14.9. The molecule has 1 aliphatic heterocycles. The van der Waals surface area contributed by atoms with E-state index in [9.17, 15) is 0 Å². The van der Waals surface area contributed by atoms with Crippen LogP contribution in [0, 0.1) is 5.41 Å². The number of nitrogens with one attached hydrogen (secondary N) is 1. The molecule has 0 unspecified atom stereocenters. The number of likely N-dealkylation sites (tertiary alicyclic amines) is 1. The highest BCUT2D eigenvalue weighted by molar-refractivity contribution is 4.84. The maximum atomic E-state index is 3.76.